The molecule has 1 fully saturated rings. The maximum atomic E-state index is 6.03. The van der Waals surface area contributed by atoms with E-state index in [1.54, 1.807) is 0 Å². The first-order chi connectivity index (χ1) is 8.99. The predicted molar refractivity (Wildman–Crippen MR) is 75.2 cm³/mol. The molecule has 1 aromatic rings. The van der Waals surface area contributed by atoms with E-state index >= 15 is 0 Å². The van der Waals surface area contributed by atoms with Crippen LogP contribution >= 0.6 is 0 Å². The van der Waals surface area contributed by atoms with E-state index in [0.717, 1.165) is 26.2 Å². The second-order valence-electron chi connectivity index (χ2n) is 5.85. The molecule has 0 saturated carbocycles. The Morgan fingerprint density at radius 1 is 1.16 bits per heavy atom. The molecule has 2 rings (SSSR count). The van der Waals surface area contributed by atoms with Crippen LogP contribution in [0.2, 0.25) is 0 Å². The SMILES string of the molecule is CC(C)C(c1nc(N2CCN(C)CC2)no1)C(C)N. The number of nitrogens with zero attached hydrogens (tertiary/aromatic N) is 4. The Labute approximate surface area is 114 Å². The van der Waals surface area contributed by atoms with Gasteiger partial charge in [0.1, 0.15) is 0 Å². The molecule has 1 aromatic heterocycles. The molecule has 108 valence electrons. The van der Waals surface area contributed by atoms with Crippen molar-refractivity contribution in [2.24, 2.45) is 11.7 Å². The minimum absolute atomic E-state index is 0.0146. The summed E-state index contributed by atoms with van der Waals surface area (Å²) in [6, 6.07) is 0.0146. The number of hydrogen-bond donors (Lipinski definition) is 1. The second-order valence-corrected chi connectivity index (χ2v) is 5.85. The first-order valence-electron chi connectivity index (χ1n) is 7.01. The smallest absolute Gasteiger partial charge is 0.266 e. The number of piperazine rings is 1. The summed E-state index contributed by atoms with van der Waals surface area (Å²) in [6.45, 7) is 10.2. The van der Waals surface area contributed by atoms with Gasteiger partial charge in [-0.05, 0) is 25.0 Å². The Kier molecular flexibility index (Phi) is 4.42. The summed E-state index contributed by atoms with van der Waals surface area (Å²) in [4.78, 5) is 9.03. The summed E-state index contributed by atoms with van der Waals surface area (Å²) in [5, 5.41) is 4.12. The molecule has 2 atom stereocenters. The quantitative estimate of drug-likeness (QED) is 0.874. The zero-order chi connectivity index (χ0) is 14.0. The van der Waals surface area contributed by atoms with Gasteiger partial charge in [-0.15, -0.1) is 0 Å². The van der Waals surface area contributed by atoms with Gasteiger partial charge in [0.25, 0.3) is 5.95 Å². The van der Waals surface area contributed by atoms with Crippen molar-refractivity contribution in [1.82, 2.24) is 15.0 Å². The summed E-state index contributed by atoms with van der Waals surface area (Å²) in [7, 11) is 2.13. The van der Waals surface area contributed by atoms with Crippen molar-refractivity contribution >= 4 is 5.95 Å². The van der Waals surface area contributed by atoms with E-state index < -0.39 is 0 Å². The lowest BCUT2D eigenvalue weighted by Gasteiger charge is -2.31. The molecule has 1 saturated heterocycles. The van der Waals surface area contributed by atoms with Crippen molar-refractivity contribution in [3.63, 3.8) is 0 Å². The molecule has 1 aliphatic heterocycles. The highest BCUT2D eigenvalue weighted by Gasteiger charge is 2.27. The molecule has 0 aromatic carbocycles. The van der Waals surface area contributed by atoms with E-state index in [2.05, 4.69) is 40.8 Å². The normalized spacial score (nSPS) is 20.8. The number of hydrogen-bond acceptors (Lipinski definition) is 6. The van der Waals surface area contributed by atoms with Crippen LogP contribution in [0.15, 0.2) is 4.52 Å². The standard InChI is InChI=1S/C13H25N5O/c1-9(2)11(10(3)14)12-15-13(16-19-12)18-7-5-17(4)6-8-18/h9-11H,5-8,14H2,1-4H3. The topological polar surface area (TPSA) is 71.4 Å². The molecular formula is C13H25N5O. The van der Waals surface area contributed by atoms with E-state index in [4.69, 9.17) is 10.3 Å². The summed E-state index contributed by atoms with van der Waals surface area (Å²) >= 11 is 0. The van der Waals surface area contributed by atoms with Crippen LogP contribution in [0.4, 0.5) is 5.95 Å². The van der Waals surface area contributed by atoms with Crippen LogP contribution in [0.5, 0.6) is 0 Å². The zero-order valence-corrected chi connectivity index (χ0v) is 12.3. The van der Waals surface area contributed by atoms with Gasteiger partial charge < -0.3 is 20.1 Å². The van der Waals surface area contributed by atoms with Crippen LogP contribution in [0, 0.1) is 5.92 Å². The van der Waals surface area contributed by atoms with Gasteiger partial charge in [-0.25, -0.2) is 0 Å². The summed E-state index contributed by atoms with van der Waals surface area (Å²) in [6.07, 6.45) is 0. The minimum atomic E-state index is 0.0146. The van der Waals surface area contributed by atoms with Crippen molar-refractivity contribution in [3.8, 4) is 0 Å². The highest BCUT2D eigenvalue weighted by atomic mass is 16.5. The van der Waals surface area contributed by atoms with E-state index in [1.165, 1.54) is 0 Å². The Morgan fingerprint density at radius 2 is 1.79 bits per heavy atom. The van der Waals surface area contributed by atoms with E-state index in [1.807, 2.05) is 6.92 Å². The Morgan fingerprint density at radius 3 is 2.32 bits per heavy atom. The number of aromatic nitrogens is 2. The van der Waals surface area contributed by atoms with Gasteiger partial charge >= 0.3 is 0 Å². The van der Waals surface area contributed by atoms with Gasteiger partial charge in [0.05, 0.1) is 5.92 Å². The summed E-state index contributed by atoms with van der Waals surface area (Å²) in [5.74, 6) is 1.88. The summed E-state index contributed by atoms with van der Waals surface area (Å²) in [5.41, 5.74) is 6.03. The lowest BCUT2D eigenvalue weighted by atomic mass is 9.90. The van der Waals surface area contributed by atoms with Crippen LogP contribution in [-0.2, 0) is 0 Å². The fraction of sp³-hybridized carbons (Fsp3) is 0.846. The molecule has 2 unspecified atom stereocenters. The summed E-state index contributed by atoms with van der Waals surface area (Å²) < 4.78 is 5.43. The molecule has 2 N–H and O–H groups in total. The van der Waals surface area contributed by atoms with Crippen LogP contribution in [0.25, 0.3) is 0 Å². The maximum Gasteiger partial charge on any atom is 0.266 e. The van der Waals surface area contributed by atoms with Crippen LogP contribution in [0.3, 0.4) is 0 Å². The molecule has 6 heteroatoms. The third kappa shape index (κ3) is 3.25. The molecule has 1 aliphatic rings. The van der Waals surface area contributed by atoms with Gasteiger partial charge in [0, 0.05) is 32.2 Å². The van der Waals surface area contributed by atoms with Gasteiger partial charge in [-0.3, -0.25) is 0 Å². The molecular weight excluding hydrogens is 242 g/mol. The number of nitrogens with two attached hydrogens (primary N) is 1. The average molecular weight is 267 g/mol. The third-order valence-electron chi connectivity index (χ3n) is 3.79. The molecule has 2 heterocycles. The number of likely N-dealkylation sites (N-methyl/N-ethyl adjacent to an activating group) is 1. The molecule has 6 nitrogen and oxygen atoms in total. The maximum absolute atomic E-state index is 6.03. The number of anilines is 1. The first-order valence-corrected chi connectivity index (χ1v) is 7.01. The molecule has 0 aliphatic carbocycles. The van der Waals surface area contributed by atoms with Gasteiger partial charge in [0.2, 0.25) is 5.89 Å². The van der Waals surface area contributed by atoms with Crippen molar-refractivity contribution in [2.75, 3.05) is 38.1 Å². The number of rotatable bonds is 4. The van der Waals surface area contributed by atoms with E-state index in [0.29, 0.717) is 17.8 Å². The molecule has 0 spiro atoms. The third-order valence-corrected chi connectivity index (χ3v) is 3.79. The van der Waals surface area contributed by atoms with Crippen LogP contribution < -0.4 is 10.6 Å². The lowest BCUT2D eigenvalue weighted by Crippen LogP contribution is -2.45. The largest absolute Gasteiger partial charge is 0.337 e. The predicted octanol–water partition coefficient (Wildman–Crippen LogP) is 0.908. The fourth-order valence-corrected chi connectivity index (χ4v) is 2.61. The first kappa shape index (κ1) is 14.3. The van der Waals surface area contributed by atoms with Crippen molar-refractivity contribution in [2.45, 2.75) is 32.7 Å². The Balaban J connectivity index is 2.09. The molecule has 0 amide bonds. The Hall–Kier alpha value is -1.14. The molecule has 0 radical (unpaired) electrons. The lowest BCUT2D eigenvalue weighted by molar-refractivity contribution is 0.295. The highest BCUT2D eigenvalue weighted by molar-refractivity contribution is 5.29. The molecule has 0 bridgehead atoms. The monoisotopic (exact) mass is 267 g/mol. The van der Waals surface area contributed by atoms with E-state index in [9.17, 15) is 0 Å². The Bertz CT molecular complexity index is 387. The van der Waals surface area contributed by atoms with Crippen molar-refractivity contribution in [3.05, 3.63) is 5.89 Å². The van der Waals surface area contributed by atoms with Crippen LogP contribution in [-0.4, -0.2) is 54.3 Å². The minimum Gasteiger partial charge on any atom is -0.337 e. The fourth-order valence-electron chi connectivity index (χ4n) is 2.61. The highest BCUT2D eigenvalue weighted by Crippen LogP contribution is 2.27. The average Bonchev–Trinajstić information content (AvgIpc) is 2.78. The van der Waals surface area contributed by atoms with Crippen molar-refractivity contribution < 1.29 is 4.52 Å². The van der Waals surface area contributed by atoms with Gasteiger partial charge in [-0.2, -0.15) is 4.98 Å². The van der Waals surface area contributed by atoms with Gasteiger partial charge in [0.15, 0.2) is 0 Å². The van der Waals surface area contributed by atoms with Gasteiger partial charge in [-0.1, -0.05) is 13.8 Å². The second kappa shape index (κ2) is 5.88. The zero-order valence-electron chi connectivity index (χ0n) is 12.3. The van der Waals surface area contributed by atoms with Crippen LogP contribution in [0.1, 0.15) is 32.6 Å². The van der Waals surface area contributed by atoms with E-state index in [-0.39, 0.29) is 12.0 Å². The molecule has 19 heavy (non-hydrogen) atoms. The van der Waals surface area contributed by atoms with Crippen molar-refractivity contribution in [1.29, 1.82) is 0 Å².